The molecule has 1 atom stereocenters. The molecule has 4 rings (SSSR count). The molecule has 0 bridgehead atoms. The molecule has 9 nitrogen and oxygen atoms in total. The highest BCUT2D eigenvalue weighted by atomic mass is 32.1. The molecule has 0 radical (unpaired) electrons. The second-order valence-corrected chi connectivity index (χ2v) is 9.65. The summed E-state index contributed by atoms with van der Waals surface area (Å²) in [5.74, 6) is 0.0236. The molecule has 2 aromatic carbocycles. The number of aromatic nitrogens is 1. The van der Waals surface area contributed by atoms with Gasteiger partial charge in [0, 0.05) is 6.92 Å². The molecule has 0 fully saturated rings. The van der Waals surface area contributed by atoms with Gasteiger partial charge in [-0.2, -0.15) is 0 Å². The Kier molecular flexibility index (Phi) is 8.80. The molecule has 0 saturated carbocycles. The molecule has 206 valence electrons. The number of methoxy groups -OCH3 is 1. The van der Waals surface area contributed by atoms with Crippen LogP contribution in [0, 0.1) is 0 Å². The summed E-state index contributed by atoms with van der Waals surface area (Å²) >= 11 is 1.21. The van der Waals surface area contributed by atoms with Crippen LogP contribution in [0.1, 0.15) is 31.0 Å². The molecule has 1 aromatic heterocycles. The minimum Gasteiger partial charge on any atom is -0.493 e. The van der Waals surface area contributed by atoms with Crippen LogP contribution < -0.4 is 29.1 Å². The molecule has 2 heterocycles. The van der Waals surface area contributed by atoms with Gasteiger partial charge in [0.2, 0.25) is 0 Å². The fourth-order valence-corrected chi connectivity index (χ4v) is 5.22. The summed E-state index contributed by atoms with van der Waals surface area (Å²) in [7, 11) is 1.44. The maximum atomic E-state index is 13.8. The van der Waals surface area contributed by atoms with E-state index in [1.165, 1.54) is 36.0 Å². The van der Waals surface area contributed by atoms with Crippen LogP contribution in [0.15, 0.2) is 88.8 Å². The molecular formula is C30H28N2O7S. The third-order valence-corrected chi connectivity index (χ3v) is 6.86. The summed E-state index contributed by atoms with van der Waals surface area (Å²) in [5.41, 5.74) is 1.63. The number of hydrogen-bond donors (Lipinski definition) is 0. The van der Waals surface area contributed by atoms with Crippen molar-refractivity contribution >= 4 is 29.4 Å². The molecule has 0 aliphatic carbocycles. The van der Waals surface area contributed by atoms with Gasteiger partial charge in [0.05, 0.1) is 29.0 Å². The lowest BCUT2D eigenvalue weighted by Gasteiger charge is -2.25. The minimum absolute atomic E-state index is 0.00598. The van der Waals surface area contributed by atoms with Crippen molar-refractivity contribution in [2.75, 3.05) is 20.3 Å². The first-order valence-corrected chi connectivity index (χ1v) is 13.1. The van der Waals surface area contributed by atoms with E-state index in [1.54, 1.807) is 37.3 Å². The number of ether oxygens (including phenoxy) is 4. The van der Waals surface area contributed by atoms with Crippen LogP contribution in [0.5, 0.6) is 17.2 Å². The fraction of sp³-hybridized carbons (Fsp3) is 0.200. The maximum Gasteiger partial charge on any atom is 0.338 e. The SMILES string of the molecule is C=CCOC(=O)C1=C(C)N=c2s/c(=C\c3ccc(OCC=C)cc3)c(=O)n2C1c1ccc(OC(C)=O)c(OC)c1. The Morgan fingerprint density at radius 3 is 2.45 bits per heavy atom. The van der Waals surface area contributed by atoms with Gasteiger partial charge in [-0.25, -0.2) is 9.79 Å². The van der Waals surface area contributed by atoms with Crippen molar-refractivity contribution < 1.29 is 28.5 Å². The number of benzene rings is 2. The first-order chi connectivity index (χ1) is 19.3. The molecule has 0 spiro atoms. The van der Waals surface area contributed by atoms with E-state index in [9.17, 15) is 14.4 Å². The molecule has 3 aromatic rings. The van der Waals surface area contributed by atoms with E-state index in [0.29, 0.717) is 33.0 Å². The fourth-order valence-electron chi connectivity index (χ4n) is 4.17. The van der Waals surface area contributed by atoms with Crippen LogP contribution in [0.4, 0.5) is 0 Å². The average molecular weight is 561 g/mol. The van der Waals surface area contributed by atoms with Gasteiger partial charge >= 0.3 is 11.9 Å². The molecular weight excluding hydrogens is 532 g/mol. The van der Waals surface area contributed by atoms with Gasteiger partial charge in [0.25, 0.3) is 5.56 Å². The summed E-state index contributed by atoms with van der Waals surface area (Å²) < 4.78 is 23.5. The third kappa shape index (κ3) is 5.97. The molecule has 1 aliphatic heterocycles. The Labute approximate surface area is 234 Å². The second kappa shape index (κ2) is 12.4. The van der Waals surface area contributed by atoms with Crippen LogP contribution in [0.2, 0.25) is 0 Å². The lowest BCUT2D eigenvalue weighted by Crippen LogP contribution is -2.40. The largest absolute Gasteiger partial charge is 0.493 e. The number of carbonyl (C=O) groups is 2. The van der Waals surface area contributed by atoms with Gasteiger partial charge in [-0.1, -0.05) is 54.8 Å². The van der Waals surface area contributed by atoms with E-state index >= 15 is 0 Å². The van der Waals surface area contributed by atoms with E-state index < -0.39 is 18.0 Å². The molecule has 1 aliphatic rings. The van der Waals surface area contributed by atoms with E-state index in [1.807, 2.05) is 24.3 Å². The monoisotopic (exact) mass is 560 g/mol. The van der Waals surface area contributed by atoms with Crippen molar-refractivity contribution in [3.63, 3.8) is 0 Å². The summed E-state index contributed by atoms with van der Waals surface area (Å²) in [4.78, 5) is 43.6. The standard InChI is InChI=1S/C30H28N2O7S/c1-6-14-37-22-11-8-20(9-12-22)16-25-28(34)32-27(21-10-13-23(39-19(4)33)24(17-21)36-5)26(29(35)38-15-7-2)18(3)31-30(32)40-25/h6-13,16-17,27H,1-2,14-15H2,3-5H3/b25-16-. The summed E-state index contributed by atoms with van der Waals surface area (Å²) in [6, 6.07) is 11.3. The third-order valence-electron chi connectivity index (χ3n) is 5.88. The van der Waals surface area contributed by atoms with Crippen molar-refractivity contribution in [2.24, 2.45) is 4.99 Å². The number of allylic oxidation sites excluding steroid dienone is 1. The zero-order valence-corrected chi connectivity index (χ0v) is 23.2. The minimum atomic E-state index is -0.870. The predicted molar refractivity (Wildman–Crippen MR) is 151 cm³/mol. The molecule has 1 unspecified atom stereocenters. The molecule has 0 saturated heterocycles. The van der Waals surface area contributed by atoms with Gasteiger partial charge in [-0.3, -0.25) is 14.2 Å². The van der Waals surface area contributed by atoms with E-state index in [-0.39, 0.29) is 29.2 Å². The van der Waals surface area contributed by atoms with Crippen molar-refractivity contribution in [2.45, 2.75) is 19.9 Å². The van der Waals surface area contributed by atoms with Crippen LogP contribution in [0.3, 0.4) is 0 Å². The van der Waals surface area contributed by atoms with Crippen LogP contribution in [0.25, 0.3) is 6.08 Å². The number of nitrogens with zero attached hydrogens (tertiary/aromatic N) is 2. The number of hydrogen-bond acceptors (Lipinski definition) is 9. The maximum absolute atomic E-state index is 13.8. The Hall–Kier alpha value is -4.70. The summed E-state index contributed by atoms with van der Waals surface area (Å²) in [6.07, 6.45) is 4.88. The molecule has 0 N–H and O–H groups in total. The van der Waals surface area contributed by atoms with E-state index in [4.69, 9.17) is 18.9 Å². The Bertz CT molecular complexity index is 1680. The Balaban J connectivity index is 1.87. The molecule has 0 amide bonds. The topological polar surface area (TPSA) is 105 Å². The van der Waals surface area contributed by atoms with Crippen molar-refractivity contribution in [3.05, 3.63) is 110 Å². The normalized spacial score (nSPS) is 14.6. The highest BCUT2D eigenvalue weighted by Crippen LogP contribution is 2.36. The van der Waals surface area contributed by atoms with Crippen LogP contribution >= 0.6 is 11.3 Å². The zero-order valence-electron chi connectivity index (χ0n) is 22.3. The number of thiazole rings is 1. The van der Waals surface area contributed by atoms with Crippen molar-refractivity contribution in [1.29, 1.82) is 0 Å². The summed E-state index contributed by atoms with van der Waals surface area (Å²) in [6.45, 7) is 10.6. The highest BCUT2D eigenvalue weighted by Gasteiger charge is 2.34. The smallest absolute Gasteiger partial charge is 0.338 e. The highest BCUT2D eigenvalue weighted by molar-refractivity contribution is 7.07. The number of fused-ring (bicyclic) bond motifs is 1. The Morgan fingerprint density at radius 1 is 1.07 bits per heavy atom. The first-order valence-electron chi connectivity index (χ1n) is 12.3. The summed E-state index contributed by atoms with van der Waals surface area (Å²) in [5, 5.41) is 0. The Morgan fingerprint density at radius 2 is 1.80 bits per heavy atom. The van der Waals surface area contributed by atoms with Gasteiger partial charge in [0.15, 0.2) is 16.3 Å². The van der Waals surface area contributed by atoms with Crippen molar-refractivity contribution in [1.82, 2.24) is 4.57 Å². The van der Waals surface area contributed by atoms with Gasteiger partial charge in [-0.05, 0) is 48.4 Å². The molecule has 40 heavy (non-hydrogen) atoms. The zero-order chi connectivity index (χ0) is 28.8. The number of esters is 2. The number of rotatable bonds is 10. The van der Waals surface area contributed by atoms with Crippen LogP contribution in [-0.2, 0) is 14.3 Å². The molecule has 10 heteroatoms. The van der Waals surface area contributed by atoms with Gasteiger partial charge < -0.3 is 18.9 Å². The quantitative estimate of drug-likeness (QED) is 0.212. The second-order valence-electron chi connectivity index (χ2n) is 8.64. The number of carbonyl (C=O) groups excluding carboxylic acids is 2. The lowest BCUT2D eigenvalue weighted by atomic mass is 9.95. The van der Waals surface area contributed by atoms with Gasteiger partial charge in [-0.15, -0.1) is 0 Å². The van der Waals surface area contributed by atoms with Crippen molar-refractivity contribution in [3.8, 4) is 17.2 Å². The predicted octanol–water partition coefficient (Wildman–Crippen LogP) is 3.46. The lowest BCUT2D eigenvalue weighted by molar-refractivity contribution is -0.138. The van der Waals surface area contributed by atoms with Gasteiger partial charge in [0.1, 0.15) is 19.0 Å². The van der Waals surface area contributed by atoms with Crippen LogP contribution in [-0.4, -0.2) is 36.8 Å². The van der Waals surface area contributed by atoms with E-state index in [0.717, 1.165) is 5.56 Å². The van der Waals surface area contributed by atoms with E-state index in [2.05, 4.69) is 18.2 Å². The average Bonchev–Trinajstić information content (AvgIpc) is 3.24. The first kappa shape index (κ1) is 28.3.